The highest BCUT2D eigenvalue weighted by molar-refractivity contribution is 7.07. The van der Waals surface area contributed by atoms with Gasteiger partial charge in [-0.2, -0.15) is 0 Å². The molecule has 1 aromatic heterocycles. The normalized spacial score (nSPS) is 14.8. The summed E-state index contributed by atoms with van der Waals surface area (Å²) in [5.41, 5.74) is 1.15. The van der Waals surface area contributed by atoms with E-state index in [1.165, 1.54) is 30.9 Å². The number of carbonyl (C=O) groups excluding carboxylic acids is 1. The fraction of sp³-hybridized carbons (Fsp3) is 0.259. The first-order chi connectivity index (χ1) is 19.1. The quantitative estimate of drug-likeness (QED) is 0.366. The lowest BCUT2D eigenvalue weighted by molar-refractivity contribution is -0.140. The van der Waals surface area contributed by atoms with Gasteiger partial charge < -0.3 is 24.1 Å². The molecule has 0 bridgehead atoms. The lowest BCUT2D eigenvalue weighted by Crippen LogP contribution is -2.40. The van der Waals surface area contributed by atoms with Crippen LogP contribution in [0.4, 0.5) is 0 Å². The number of carbonyl (C=O) groups is 2. The number of thiazole rings is 1. The number of fused-ring (bicyclic) bond motifs is 1. The lowest BCUT2D eigenvalue weighted by atomic mass is 9.94. The molecule has 0 aliphatic carbocycles. The summed E-state index contributed by atoms with van der Waals surface area (Å²) in [6.07, 6.45) is 1.58. The van der Waals surface area contributed by atoms with Crippen LogP contribution in [0.15, 0.2) is 51.4 Å². The van der Waals surface area contributed by atoms with E-state index < -0.39 is 30.1 Å². The molecular weight excluding hydrogens is 583 g/mol. The second kappa shape index (κ2) is 12.2. The number of benzene rings is 2. The van der Waals surface area contributed by atoms with E-state index in [1.807, 2.05) is 0 Å². The van der Waals surface area contributed by atoms with Crippen molar-refractivity contribution in [3.05, 3.63) is 82.5 Å². The molecule has 3 aromatic rings. The van der Waals surface area contributed by atoms with E-state index in [0.717, 1.165) is 11.3 Å². The van der Waals surface area contributed by atoms with Crippen molar-refractivity contribution in [1.82, 2.24) is 4.57 Å². The van der Waals surface area contributed by atoms with Crippen molar-refractivity contribution >= 4 is 52.6 Å². The van der Waals surface area contributed by atoms with Crippen LogP contribution in [0, 0.1) is 0 Å². The lowest BCUT2D eigenvalue weighted by Gasteiger charge is -2.26. The number of aliphatic carboxylic acids is 1. The molecule has 1 aliphatic rings. The van der Waals surface area contributed by atoms with Gasteiger partial charge in [0.2, 0.25) is 0 Å². The number of allylic oxidation sites excluding steroid dienone is 1. The zero-order valence-electron chi connectivity index (χ0n) is 21.8. The molecule has 0 amide bonds. The van der Waals surface area contributed by atoms with Crippen LogP contribution in [0.5, 0.6) is 17.2 Å². The number of methoxy groups -OCH3 is 2. The average Bonchev–Trinajstić information content (AvgIpc) is 3.20. The number of carboxylic acid groups (broad SMARTS) is 1. The first kappa shape index (κ1) is 29.2. The standard InChI is InChI=1S/C27H24Cl2N2O8S/c1-5-38-26(35)22-13(2)30-27-31(23(22)16-11-15(36-3)6-7-19(16)37-4)25(34)20(40-27)10-14-8-17(28)24(18(29)9-14)39-12-21(32)33/h6-11,23H,5,12H2,1-4H3,(H,32,33)/t23-/m1/s1. The first-order valence-electron chi connectivity index (χ1n) is 11.8. The Labute approximate surface area is 242 Å². The summed E-state index contributed by atoms with van der Waals surface area (Å²) in [6.45, 7) is 2.89. The Kier molecular flexibility index (Phi) is 8.87. The topological polar surface area (TPSA) is 126 Å². The molecule has 2 heterocycles. The molecular formula is C27H24Cl2N2O8S. The summed E-state index contributed by atoms with van der Waals surface area (Å²) in [5, 5.41) is 9.03. The highest BCUT2D eigenvalue weighted by atomic mass is 35.5. The van der Waals surface area contributed by atoms with Crippen molar-refractivity contribution in [3.8, 4) is 17.2 Å². The molecule has 210 valence electrons. The Hall–Kier alpha value is -3.80. The Bertz CT molecular complexity index is 1690. The SMILES string of the molecule is CCOC(=O)C1=C(C)N=c2sc(=Cc3cc(Cl)c(OCC(=O)O)c(Cl)c3)c(=O)n2[C@@H]1c1cc(OC)ccc1OC. The summed E-state index contributed by atoms with van der Waals surface area (Å²) >= 11 is 13.7. The molecule has 4 rings (SSSR count). The monoisotopic (exact) mass is 606 g/mol. The fourth-order valence-electron chi connectivity index (χ4n) is 4.22. The molecule has 13 heteroatoms. The van der Waals surface area contributed by atoms with Crippen LogP contribution in [0.25, 0.3) is 6.08 Å². The van der Waals surface area contributed by atoms with Crippen LogP contribution in [-0.4, -0.2) is 49.0 Å². The first-order valence-corrected chi connectivity index (χ1v) is 13.4. The molecule has 0 fully saturated rings. The van der Waals surface area contributed by atoms with Gasteiger partial charge in [-0.15, -0.1) is 0 Å². The predicted molar refractivity (Wildman–Crippen MR) is 150 cm³/mol. The van der Waals surface area contributed by atoms with Gasteiger partial charge in [0.05, 0.1) is 46.7 Å². The van der Waals surface area contributed by atoms with Gasteiger partial charge in [-0.25, -0.2) is 14.6 Å². The number of carboxylic acids is 1. The van der Waals surface area contributed by atoms with E-state index in [2.05, 4.69) is 4.99 Å². The Morgan fingerprint density at radius 3 is 2.45 bits per heavy atom. The smallest absolute Gasteiger partial charge is 0.341 e. The molecule has 0 unspecified atom stereocenters. The van der Waals surface area contributed by atoms with Crippen LogP contribution in [0.3, 0.4) is 0 Å². The second-order valence-corrected chi connectivity index (χ2v) is 10.2. The third-order valence-electron chi connectivity index (χ3n) is 5.91. The molecule has 40 heavy (non-hydrogen) atoms. The number of hydrogen-bond donors (Lipinski definition) is 1. The van der Waals surface area contributed by atoms with Crippen LogP contribution >= 0.6 is 34.5 Å². The molecule has 0 saturated heterocycles. The molecule has 2 aromatic carbocycles. The summed E-state index contributed by atoms with van der Waals surface area (Å²) in [6, 6.07) is 7.20. The molecule has 1 atom stereocenters. The number of ether oxygens (including phenoxy) is 4. The molecule has 1 N–H and O–H groups in total. The summed E-state index contributed by atoms with van der Waals surface area (Å²) in [7, 11) is 3.01. The van der Waals surface area contributed by atoms with Crippen molar-refractivity contribution in [1.29, 1.82) is 0 Å². The van der Waals surface area contributed by atoms with Gasteiger partial charge in [0.15, 0.2) is 17.2 Å². The second-order valence-electron chi connectivity index (χ2n) is 8.41. The number of hydrogen-bond acceptors (Lipinski definition) is 9. The third-order valence-corrected chi connectivity index (χ3v) is 7.45. The van der Waals surface area contributed by atoms with Crippen molar-refractivity contribution in [3.63, 3.8) is 0 Å². The Morgan fingerprint density at radius 1 is 1.15 bits per heavy atom. The maximum absolute atomic E-state index is 13.9. The molecule has 0 saturated carbocycles. The van der Waals surface area contributed by atoms with E-state index in [0.29, 0.717) is 33.1 Å². The minimum absolute atomic E-state index is 0.0177. The highest BCUT2D eigenvalue weighted by Crippen LogP contribution is 2.38. The average molecular weight is 607 g/mol. The summed E-state index contributed by atoms with van der Waals surface area (Å²) < 4.78 is 23.2. The Morgan fingerprint density at radius 2 is 1.85 bits per heavy atom. The van der Waals surface area contributed by atoms with Gasteiger partial charge in [0, 0.05) is 5.56 Å². The van der Waals surface area contributed by atoms with E-state index in [4.69, 9.17) is 47.3 Å². The van der Waals surface area contributed by atoms with Gasteiger partial charge in [-0.1, -0.05) is 34.5 Å². The predicted octanol–water partition coefficient (Wildman–Crippen LogP) is 3.59. The van der Waals surface area contributed by atoms with E-state index >= 15 is 0 Å². The van der Waals surface area contributed by atoms with E-state index in [-0.39, 0.29) is 32.5 Å². The molecule has 10 nitrogen and oxygen atoms in total. The number of aromatic nitrogens is 1. The van der Waals surface area contributed by atoms with Crippen molar-refractivity contribution < 1.29 is 33.6 Å². The van der Waals surface area contributed by atoms with Crippen LogP contribution in [0.2, 0.25) is 10.0 Å². The maximum Gasteiger partial charge on any atom is 0.341 e. The van der Waals surface area contributed by atoms with Gasteiger partial charge in [0.1, 0.15) is 17.5 Å². The van der Waals surface area contributed by atoms with Gasteiger partial charge in [-0.3, -0.25) is 9.36 Å². The minimum atomic E-state index is -1.18. The maximum atomic E-state index is 13.9. The van der Waals surface area contributed by atoms with Crippen molar-refractivity contribution in [2.24, 2.45) is 4.99 Å². The zero-order chi connectivity index (χ0) is 29.1. The summed E-state index contributed by atoms with van der Waals surface area (Å²) in [5.74, 6) is -0.831. The number of halogens is 2. The zero-order valence-corrected chi connectivity index (χ0v) is 24.1. The minimum Gasteiger partial charge on any atom is -0.497 e. The Balaban J connectivity index is 1.93. The van der Waals surface area contributed by atoms with Gasteiger partial charge in [-0.05, 0) is 55.8 Å². The van der Waals surface area contributed by atoms with Crippen molar-refractivity contribution in [2.45, 2.75) is 19.9 Å². The van der Waals surface area contributed by atoms with Crippen LogP contribution in [-0.2, 0) is 14.3 Å². The number of nitrogens with zero attached hydrogens (tertiary/aromatic N) is 2. The van der Waals surface area contributed by atoms with E-state index in [9.17, 15) is 14.4 Å². The number of rotatable bonds is 9. The van der Waals surface area contributed by atoms with Crippen LogP contribution < -0.4 is 29.1 Å². The summed E-state index contributed by atoms with van der Waals surface area (Å²) in [4.78, 5) is 42.8. The third kappa shape index (κ3) is 5.72. The molecule has 0 radical (unpaired) electrons. The molecule has 1 aliphatic heterocycles. The van der Waals surface area contributed by atoms with Gasteiger partial charge in [0.25, 0.3) is 5.56 Å². The van der Waals surface area contributed by atoms with Crippen molar-refractivity contribution in [2.75, 3.05) is 27.4 Å². The van der Waals surface area contributed by atoms with Gasteiger partial charge >= 0.3 is 11.9 Å². The largest absolute Gasteiger partial charge is 0.497 e. The van der Waals surface area contributed by atoms with E-state index in [1.54, 1.807) is 38.1 Å². The molecule has 0 spiro atoms. The highest BCUT2D eigenvalue weighted by Gasteiger charge is 2.35. The fourth-order valence-corrected chi connectivity index (χ4v) is 5.88. The number of esters is 1. The van der Waals surface area contributed by atoms with Crippen LogP contribution in [0.1, 0.15) is 31.0 Å².